The van der Waals surface area contributed by atoms with Crippen molar-refractivity contribution in [2.75, 3.05) is 25.5 Å². The maximum Gasteiger partial charge on any atom is 0.265 e. The molecule has 1 N–H and O–H groups in total. The number of methoxy groups -OCH3 is 1. The molecule has 0 spiro atoms. The Bertz CT molecular complexity index is 1060. The second-order valence-corrected chi connectivity index (χ2v) is 10.0. The zero-order valence-electron chi connectivity index (χ0n) is 19.2. The molecule has 0 aromatic heterocycles. The maximum absolute atomic E-state index is 13.2. The number of hydrogen-bond acceptors (Lipinski definition) is 5. The molecule has 2 aromatic carbocycles. The standard InChI is InChI=1S/C24H32N2O5S/c1-5-20(31-22-15-17(2)9-10-18(22)3)24(27)25-19-11-12-21(30-4)23(16-19)32(28,29)26-13-7-6-8-14-26/h9-12,15-16,20H,5-8,13-14H2,1-4H3,(H,25,27)/t20-/m1/s1. The number of nitrogens with one attached hydrogen (secondary N) is 1. The summed E-state index contributed by atoms with van der Waals surface area (Å²) in [6, 6.07) is 10.5. The lowest BCUT2D eigenvalue weighted by atomic mass is 10.1. The monoisotopic (exact) mass is 460 g/mol. The van der Waals surface area contributed by atoms with Gasteiger partial charge in [0.1, 0.15) is 16.4 Å². The largest absolute Gasteiger partial charge is 0.495 e. The highest BCUT2D eigenvalue weighted by Crippen LogP contribution is 2.31. The van der Waals surface area contributed by atoms with Gasteiger partial charge >= 0.3 is 0 Å². The number of anilines is 1. The van der Waals surface area contributed by atoms with Crippen molar-refractivity contribution in [3.8, 4) is 11.5 Å². The summed E-state index contributed by atoms with van der Waals surface area (Å²) in [5.74, 6) is 0.585. The van der Waals surface area contributed by atoms with E-state index in [-0.39, 0.29) is 16.6 Å². The van der Waals surface area contributed by atoms with E-state index in [0.29, 0.717) is 30.9 Å². The molecule has 1 aliphatic rings. The van der Waals surface area contributed by atoms with Gasteiger partial charge in [0.15, 0.2) is 6.10 Å². The number of carbonyl (C=O) groups is 1. The number of aryl methyl sites for hydroxylation is 2. The fraction of sp³-hybridized carbons (Fsp3) is 0.458. The maximum atomic E-state index is 13.2. The first kappa shape index (κ1) is 24.1. The van der Waals surface area contributed by atoms with E-state index >= 15 is 0 Å². The Kier molecular flexibility index (Phi) is 7.79. The van der Waals surface area contributed by atoms with E-state index in [1.165, 1.54) is 17.5 Å². The molecule has 32 heavy (non-hydrogen) atoms. The van der Waals surface area contributed by atoms with Gasteiger partial charge in [0.25, 0.3) is 5.91 Å². The van der Waals surface area contributed by atoms with Crippen molar-refractivity contribution in [1.82, 2.24) is 4.31 Å². The van der Waals surface area contributed by atoms with Gasteiger partial charge in [0, 0.05) is 18.8 Å². The summed E-state index contributed by atoms with van der Waals surface area (Å²) >= 11 is 0. The van der Waals surface area contributed by atoms with E-state index in [9.17, 15) is 13.2 Å². The molecule has 1 fully saturated rings. The van der Waals surface area contributed by atoms with Crippen LogP contribution in [0.15, 0.2) is 41.3 Å². The van der Waals surface area contributed by atoms with Crippen LogP contribution in [0.4, 0.5) is 5.69 Å². The van der Waals surface area contributed by atoms with E-state index in [0.717, 1.165) is 30.4 Å². The number of ether oxygens (including phenoxy) is 2. The summed E-state index contributed by atoms with van der Waals surface area (Å²) in [7, 11) is -2.28. The van der Waals surface area contributed by atoms with E-state index in [1.54, 1.807) is 12.1 Å². The number of rotatable bonds is 8. The van der Waals surface area contributed by atoms with Crippen LogP contribution in [-0.2, 0) is 14.8 Å². The molecular weight excluding hydrogens is 428 g/mol. The number of amides is 1. The van der Waals surface area contributed by atoms with E-state index in [4.69, 9.17) is 9.47 Å². The number of nitrogens with zero attached hydrogens (tertiary/aromatic N) is 1. The first-order valence-corrected chi connectivity index (χ1v) is 12.4. The molecule has 8 heteroatoms. The predicted molar refractivity (Wildman–Crippen MR) is 125 cm³/mol. The van der Waals surface area contributed by atoms with Crippen LogP contribution in [0.1, 0.15) is 43.7 Å². The van der Waals surface area contributed by atoms with E-state index in [2.05, 4.69) is 5.32 Å². The lowest BCUT2D eigenvalue weighted by molar-refractivity contribution is -0.122. The van der Waals surface area contributed by atoms with Gasteiger partial charge in [-0.25, -0.2) is 8.42 Å². The number of carbonyl (C=O) groups excluding carboxylic acids is 1. The van der Waals surface area contributed by atoms with E-state index in [1.807, 2.05) is 39.0 Å². The van der Waals surface area contributed by atoms with Gasteiger partial charge < -0.3 is 14.8 Å². The minimum absolute atomic E-state index is 0.0585. The Morgan fingerprint density at radius 1 is 1.06 bits per heavy atom. The summed E-state index contributed by atoms with van der Waals surface area (Å²) in [5.41, 5.74) is 2.37. The topological polar surface area (TPSA) is 84.9 Å². The fourth-order valence-electron chi connectivity index (χ4n) is 3.73. The van der Waals surface area contributed by atoms with Gasteiger partial charge in [-0.05, 0) is 68.5 Å². The van der Waals surface area contributed by atoms with Crippen molar-refractivity contribution in [2.24, 2.45) is 0 Å². The molecule has 2 aromatic rings. The lowest BCUT2D eigenvalue weighted by Crippen LogP contribution is -2.36. The zero-order chi connectivity index (χ0) is 23.3. The molecule has 1 saturated heterocycles. The Balaban J connectivity index is 1.82. The van der Waals surface area contributed by atoms with Gasteiger partial charge in [0.05, 0.1) is 7.11 Å². The molecule has 1 atom stereocenters. The SMILES string of the molecule is CC[C@@H](Oc1cc(C)ccc1C)C(=O)Nc1ccc(OC)c(S(=O)(=O)N2CCCCC2)c1. The smallest absolute Gasteiger partial charge is 0.265 e. The average molecular weight is 461 g/mol. The third-order valence-corrected chi connectivity index (χ3v) is 7.56. The Morgan fingerprint density at radius 3 is 2.44 bits per heavy atom. The lowest BCUT2D eigenvalue weighted by Gasteiger charge is -2.26. The normalized spacial score (nSPS) is 15.8. The highest BCUT2D eigenvalue weighted by Gasteiger charge is 2.29. The average Bonchev–Trinajstić information content (AvgIpc) is 2.80. The van der Waals surface area contributed by atoms with Crippen molar-refractivity contribution in [2.45, 2.75) is 57.5 Å². The molecule has 0 radical (unpaired) electrons. The third-order valence-electron chi connectivity index (χ3n) is 5.64. The minimum atomic E-state index is -3.72. The van der Waals surface area contributed by atoms with E-state index < -0.39 is 16.1 Å². The second kappa shape index (κ2) is 10.4. The molecule has 0 saturated carbocycles. The summed E-state index contributed by atoms with van der Waals surface area (Å²) < 4.78 is 39.2. The summed E-state index contributed by atoms with van der Waals surface area (Å²) in [6.07, 6.45) is 2.46. The van der Waals surface area contributed by atoms with Crippen LogP contribution in [-0.4, -0.2) is 44.9 Å². The van der Waals surface area contributed by atoms with Crippen molar-refractivity contribution >= 4 is 21.6 Å². The highest BCUT2D eigenvalue weighted by molar-refractivity contribution is 7.89. The van der Waals surface area contributed by atoms with Gasteiger partial charge in [-0.1, -0.05) is 25.5 Å². The van der Waals surface area contributed by atoms with Crippen LogP contribution in [0.3, 0.4) is 0 Å². The van der Waals surface area contributed by atoms with Crippen LogP contribution in [0.2, 0.25) is 0 Å². The molecule has 0 bridgehead atoms. The van der Waals surface area contributed by atoms with Gasteiger partial charge in [-0.15, -0.1) is 0 Å². The van der Waals surface area contributed by atoms with Crippen LogP contribution >= 0.6 is 0 Å². The van der Waals surface area contributed by atoms with Crippen molar-refractivity contribution in [3.05, 3.63) is 47.5 Å². The number of piperidine rings is 1. The zero-order valence-corrected chi connectivity index (χ0v) is 20.0. The highest BCUT2D eigenvalue weighted by atomic mass is 32.2. The molecule has 0 aliphatic carbocycles. The summed E-state index contributed by atoms with van der Waals surface area (Å²) in [6.45, 7) is 6.75. The van der Waals surface area contributed by atoms with Crippen molar-refractivity contribution < 1.29 is 22.7 Å². The summed E-state index contributed by atoms with van der Waals surface area (Å²) in [5, 5.41) is 2.81. The Morgan fingerprint density at radius 2 is 1.78 bits per heavy atom. The third kappa shape index (κ3) is 5.42. The fourth-order valence-corrected chi connectivity index (χ4v) is 5.43. The molecular formula is C24H32N2O5S. The molecule has 0 unspecified atom stereocenters. The quantitative estimate of drug-likeness (QED) is 0.635. The van der Waals surface area contributed by atoms with Crippen LogP contribution in [0.5, 0.6) is 11.5 Å². The predicted octanol–water partition coefficient (Wildman–Crippen LogP) is 4.28. The van der Waals surface area contributed by atoms with Gasteiger partial charge in [-0.3, -0.25) is 4.79 Å². The van der Waals surface area contributed by atoms with Gasteiger partial charge in [-0.2, -0.15) is 4.31 Å². The number of sulfonamides is 1. The molecule has 7 nitrogen and oxygen atoms in total. The van der Waals surface area contributed by atoms with Crippen molar-refractivity contribution in [3.63, 3.8) is 0 Å². The number of hydrogen-bond donors (Lipinski definition) is 1. The van der Waals surface area contributed by atoms with Crippen molar-refractivity contribution in [1.29, 1.82) is 0 Å². The number of benzene rings is 2. The molecule has 1 heterocycles. The minimum Gasteiger partial charge on any atom is -0.495 e. The molecule has 174 valence electrons. The first-order valence-electron chi connectivity index (χ1n) is 11.0. The molecule has 1 aliphatic heterocycles. The summed E-state index contributed by atoms with van der Waals surface area (Å²) in [4.78, 5) is 13.0. The molecule has 3 rings (SSSR count). The van der Waals surface area contributed by atoms with Crippen LogP contribution in [0, 0.1) is 13.8 Å². The second-order valence-electron chi connectivity index (χ2n) is 8.10. The Labute approximate surface area is 190 Å². The Hall–Kier alpha value is -2.58. The van der Waals surface area contributed by atoms with Crippen LogP contribution < -0.4 is 14.8 Å². The van der Waals surface area contributed by atoms with Gasteiger partial charge in [0.2, 0.25) is 10.0 Å². The van der Waals surface area contributed by atoms with Crippen LogP contribution in [0.25, 0.3) is 0 Å². The first-order chi connectivity index (χ1) is 15.3. The molecule has 1 amide bonds.